The number of rotatable bonds is 2. The number of phosphoric ester groups is 2. The van der Waals surface area contributed by atoms with Gasteiger partial charge in [0, 0.05) is 5.92 Å². The number of aromatic nitrogens is 8. The van der Waals surface area contributed by atoms with Crippen molar-refractivity contribution in [2.75, 3.05) is 24.7 Å². The number of nitrogens with one attached hydrogen (secondary N) is 2. The van der Waals surface area contributed by atoms with E-state index in [0.29, 0.717) is 0 Å². The van der Waals surface area contributed by atoms with Crippen molar-refractivity contribution in [3.8, 4) is 0 Å². The summed E-state index contributed by atoms with van der Waals surface area (Å²) in [5.74, 6) is -1.25. The monoisotopic (exact) mass is 688 g/mol. The van der Waals surface area contributed by atoms with E-state index in [1.54, 1.807) is 6.92 Å². The molecular weight excluding hydrogens is 662 g/mol. The van der Waals surface area contributed by atoms with Gasteiger partial charge in [-0.25, -0.2) is 19.1 Å². The molecule has 0 radical (unpaired) electrons. The summed E-state index contributed by atoms with van der Waals surface area (Å²) in [6.45, 7) is 0.0813. The summed E-state index contributed by atoms with van der Waals surface area (Å²) in [6, 6.07) is 0. The van der Waals surface area contributed by atoms with Crippen LogP contribution in [0.1, 0.15) is 19.4 Å². The molecule has 0 amide bonds. The number of nitrogens with zero attached hydrogens (tertiary/aromatic N) is 6. The van der Waals surface area contributed by atoms with Crippen molar-refractivity contribution in [1.29, 1.82) is 0 Å². The molecule has 4 aromatic heterocycles. The number of aliphatic hydroxyl groups excluding tert-OH is 1. The van der Waals surface area contributed by atoms with Crippen LogP contribution in [-0.4, -0.2) is 97.7 Å². The lowest BCUT2D eigenvalue weighted by molar-refractivity contribution is -0.0663. The second-order valence-electron chi connectivity index (χ2n) is 10.7. The predicted octanol–water partition coefficient (Wildman–Crippen LogP) is -1.77. The number of ether oxygens (including phenoxy) is 2. The molecule has 25 heteroatoms. The number of phosphoric acid groups is 2. The van der Waals surface area contributed by atoms with E-state index < -0.39 is 88.9 Å². The minimum absolute atomic E-state index is 0.0395. The van der Waals surface area contributed by atoms with Gasteiger partial charge in [0.1, 0.15) is 36.7 Å². The first-order valence-electron chi connectivity index (χ1n) is 13.5. The Hall–Kier alpha value is -3.60. The summed E-state index contributed by atoms with van der Waals surface area (Å²) < 4.78 is 61.8. The van der Waals surface area contributed by atoms with Crippen LogP contribution in [0.4, 0.5) is 11.9 Å². The standard InChI is InChI=1S/C21H26N10O13P2/c1-6-12-7(41-18(6)30-4-24-9-14(30)26-20(22)28-16(9)33)2-39-46(37,38)44-13-8(3-40-45(35,36)43-12)42-19(11(13)32)31-5-25-10-15(31)27-21(23)29-17(10)34/h4-8,11-13,18-19,32H,2-3H2,1H3,(H,35,36)(H,37,38)(H3,22,26,28,33)(H3,23,27,29,34)/t6-,7-,8-,11?,12?,13-,18+,19+/m0/s1. The van der Waals surface area contributed by atoms with E-state index in [-0.39, 0.29) is 34.2 Å². The molecule has 0 aliphatic carbocycles. The van der Waals surface area contributed by atoms with Gasteiger partial charge < -0.3 is 35.8 Å². The largest absolute Gasteiger partial charge is 0.472 e. The Labute approximate surface area is 254 Å². The first-order chi connectivity index (χ1) is 21.7. The molecule has 0 saturated carbocycles. The molecule has 248 valence electrons. The Morgan fingerprint density at radius 2 is 1.28 bits per heavy atom. The lowest BCUT2D eigenvalue weighted by Gasteiger charge is -2.28. The molecule has 3 aliphatic rings. The van der Waals surface area contributed by atoms with Gasteiger partial charge in [-0.2, -0.15) is 9.97 Å². The number of fused-ring (bicyclic) bond motifs is 4. The molecule has 0 bridgehead atoms. The maximum atomic E-state index is 13.2. The van der Waals surface area contributed by atoms with Crippen molar-refractivity contribution in [3.63, 3.8) is 0 Å². The molecule has 0 aromatic carbocycles. The third kappa shape index (κ3) is 5.34. The van der Waals surface area contributed by atoms with Crippen LogP contribution < -0.4 is 22.6 Å². The number of imidazole rings is 2. The lowest BCUT2D eigenvalue weighted by atomic mass is 10.0. The lowest BCUT2D eigenvalue weighted by Crippen LogP contribution is -2.37. The second-order valence-corrected chi connectivity index (χ2v) is 13.5. The molecule has 4 aromatic rings. The van der Waals surface area contributed by atoms with Crippen molar-refractivity contribution < 1.29 is 51.6 Å². The fraction of sp³-hybridized carbons (Fsp3) is 0.524. The molecule has 4 unspecified atom stereocenters. The number of aromatic amines is 2. The first-order valence-corrected chi connectivity index (χ1v) is 16.5. The maximum absolute atomic E-state index is 13.2. The Morgan fingerprint density at radius 3 is 1.83 bits per heavy atom. The molecule has 9 N–H and O–H groups in total. The summed E-state index contributed by atoms with van der Waals surface area (Å²) in [5, 5.41) is 11.1. The zero-order valence-electron chi connectivity index (χ0n) is 23.3. The number of H-pyrrole nitrogens is 2. The van der Waals surface area contributed by atoms with E-state index in [2.05, 4.69) is 29.9 Å². The Balaban J connectivity index is 1.18. The van der Waals surface area contributed by atoms with Crippen LogP contribution in [-0.2, 0) is 36.7 Å². The summed E-state index contributed by atoms with van der Waals surface area (Å²) >= 11 is 0. The van der Waals surface area contributed by atoms with Crippen LogP contribution in [0.3, 0.4) is 0 Å². The molecule has 10 atom stereocenters. The van der Waals surface area contributed by atoms with Crippen LogP contribution in [0.2, 0.25) is 0 Å². The number of anilines is 2. The molecule has 0 spiro atoms. The van der Waals surface area contributed by atoms with Crippen LogP contribution in [0.25, 0.3) is 22.3 Å². The average Bonchev–Trinajstić information content (AvgIpc) is 3.72. The van der Waals surface area contributed by atoms with Gasteiger partial charge in [-0.3, -0.25) is 46.8 Å². The topological polar surface area (TPSA) is 329 Å². The molecule has 3 aliphatic heterocycles. The van der Waals surface area contributed by atoms with Crippen LogP contribution in [0, 0.1) is 5.92 Å². The van der Waals surface area contributed by atoms with Crippen molar-refractivity contribution in [1.82, 2.24) is 39.0 Å². The highest BCUT2D eigenvalue weighted by Gasteiger charge is 2.53. The molecule has 3 fully saturated rings. The van der Waals surface area contributed by atoms with Gasteiger partial charge in [-0.05, 0) is 0 Å². The van der Waals surface area contributed by atoms with Crippen LogP contribution >= 0.6 is 15.6 Å². The zero-order valence-corrected chi connectivity index (χ0v) is 25.1. The highest BCUT2D eigenvalue weighted by molar-refractivity contribution is 7.47. The Kier molecular flexibility index (Phi) is 7.41. The van der Waals surface area contributed by atoms with Crippen LogP contribution in [0.15, 0.2) is 22.2 Å². The van der Waals surface area contributed by atoms with Gasteiger partial charge in [-0.15, -0.1) is 0 Å². The molecular formula is C21H26N10O13P2. The minimum Gasteiger partial charge on any atom is -0.386 e. The fourth-order valence-corrected chi connectivity index (χ4v) is 7.67. The predicted molar refractivity (Wildman–Crippen MR) is 149 cm³/mol. The second kappa shape index (κ2) is 11.0. The quantitative estimate of drug-likeness (QED) is 0.115. The van der Waals surface area contributed by atoms with Gasteiger partial charge in [-0.1, -0.05) is 6.92 Å². The van der Waals surface area contributed by atoms with Gasteiger partial charge in [0.15, 0.2) is 28.6 Å². The number of nitrogens with two attached hydrogens (primary N) is 2. The maximum Gasteiger partial charge on any atom is 0.472 e. The minimum atomic E-state index is -5.02. The van der Waals surface area contributed by atoms with Gasteiger partial charge in [0.25, 0.3) is 11.1 Å². The summed E-state index contributed by atoms with van der Waals surface area (Å²) in [7, 11) is -9.96. The van der Waals surface area contributed by atoms with E-state index in [9.17, 15) is 33.6 Å². The summed E-state index contributed by atoms with van der Waals surface area (Å²) in [4.78, 5) is 66.5. The fourth-order valence-electron chi connectivity index (χ4n) is 5.67. The third-order valence-electron chi connectivity index (χ3n) is 7.72. The average molecular weight is 688 g/mol. The first kappa shape index (κ1) is 31.0. The molecule has 46 heavy (non-hydrogen) atoms. The molecule has 3 saturated heterocycles. The number of nitrogen functional groups attached to an aromatic ring is 2. The Bertz CT molecular complexity index is 1900. The Morgan fingerprint density at radius 1 is 0.826 bits per heavy atom. The van der Waals surface area contributed by atoms with Crippen LogP contribution in [0.5, 0.6) is 0 Å². The smallest absolute Gasteiger partial charge is 0.386 e. The van der Waals surface area contributed by atoms with E-state index in [4.69, 9.17) is 39.0 Å². The molecule has 7 rings (SSSR count). The van der Waals surface area contributed by atoms with Crippen molar-refractivity contribution in [3.05, 3.63) is 33.4 Å². The van der Waals surface area contributed by atoms with Gasteiger partial charge >= 0.3 is 15.6 Å². The highest BCUT2D eigenvalue weighted by atomic mass is 31.2. The zero-order chi connectivity index (χ0) is 32.7. The van der Waals surface area contributed by atoms with Gasteiger partial charge in [0.2, 0.25) is 11.9 Å². The number of aliphatic hydroxyl groups is 1. The number of hydrogen-bond acceptors (Lipinski definition) is 17. The summed E-state index contributed by atoms with van der Waals surface area (Å²) in [5.41, 5.74) is 9.78. The third-order valence-corrected chi connectivity index (χ3v) is 9.69. The number of hydrogen-bond donors (Lipinski definition) is 7. The van der Waals surface area contributed by atoms with Crippen molar-refractivity contribution in [2.45, 2.75) is 49.9 Å². The summed E-state index contributed by atoms with van der Waals surface area (Å²) in [6.07, 6.45) is -7.58. The normalized spacial score (nSPS) is 37.1. The van der Waals surface area contributed by atoms with E-state index in [1.165, 1.54) is 10.9 Å². The SMILES string of the molecule is C[C@H]1C2OP(=O)(O)OC[C@@H]3O[C@@H](n4cnc5c(=O)[nH]c(N)nc54)C(O)[C@H]3OP(=O)(O)OC[C@@H]2O[C@H]1n1cnc2c(=O)[nH]c(N)nc21. The van der Waals surface area contributed by atoms with Crippen molar-refractivity contribution >= 4 is 49.9 Å². The van der Waals surface area contributed by atoms with E-state index in [1.807, 2.05) is 0 Å². The molecule has 23 nitrogen and oxygen atoms in total. The van der Waals surface area contributed by atoms with Crippen molar-refractivity contribution in [2.24, 2.45) is 5.92 Å². The molecule has 7 heterocycles. The van der Waals surface area contributed by atoms with E-state index >= 15 is 0 Å². The van der Waals surface area contributed by atoms with E-state index in [0.717, 1.165) is 10.9 Å². The van der Waals surface area contributed by atoms with Gasteiger partial charge in [0.05, 0.1) is 25.9 Å². The highest BCUT2D eigenvalue weighted by Crippen LogP contribution is 2.54.